The predicted octanol–water partition coefficient (Wildman–Crippen LogP) is -0.585. The van der Waals surface area contributed by atoms with Crippen LogP contribution in [0.5, 0.6) is 0 Å². The van der Waals surface area contributed by atoms with Crippen LogP contribution in [-0.2, 0) is 0 Å². The monoisotopic (exact) mass is 259 g/mol. The minimum absolute atomic E-state index is 0. The van der Waals surface area contributed by atoms with Gasteiger partial charge in [0.15, 0.2) is 0 Å². The average Bonchev–Trinajstić information content (AvgIpc) is 2.22. The molecule has 0 atom stereocenters. The SMILES string of the molecule is Brc1cc2s[c-]cc2[nH]1.[Cl-].[Mg+2]. The summed E-state index contributed by atoms with van der Waals surface area (Å²) in [5.41, 5.74) is 1.16. The van der Waals surface area contributed by atoms with E-state index < -0.39 is 0 Å². The molecule has 0 saturated carbocycles. The Labute approximate surface area is 99.3 Å². The van der Waals surface area contributed by atoms with Crippen molar-refractivity contribution in [2.75, 3.05) is 0 Å². The molecule has 11 heavy (non-hydrogen) atoms. The van der Waals surface area contributed by atoms with E-state index in [1.54, 1.807) is 11.3 Å². The smallest absolute Gasteiger partial charge is 1.00 e. The zero-order chi connectivity index (χ0) is 6.27. The van der Waals surface area contributed by atoms with Crippen molar-refractivity contribution in [3.63, 3.8) is 0 Å². The molecular formula is C6H3BrClMgNS. The van der Waals surface area contributed by atoms with Crippen molar-refractivity contribution in [3.05, 3.63) is 22.1 Å². The predicted molar refractivity (Wildman–Crippen MR) is 48.5 cm³/mol. The van der Waals surface area contributed by atoms with Crippen LogP contribution in [0.2, 0.25) is 0 Å². The molecule has 0 fully saturated rings. The minimum atomic E-state index is 0. The molecule has 2 aromatic heterocycles. The van der Waals surface area contributed by atoms with Crippen LogP contribution in [0.1, 0.15) is 0 Å². The molecule has 0 amide bonds. The van der Waals surface area contributed by atoms with Gasteiger partial charge in [0.2, 0.25) is 0 Å². The van der Waals surface area contributed by atoms with E-state index in [4.69, 9.17) is 0 Å². The number of nitrogens with one attached hydrogen (secondary N) is 1. The summed E-state index contributed by atoms with van der Waals surface area (Å²) in [5.74, 6) is 0. The van der Waals surface area contributed by atoms with Crippen LogP contribution >= 0.6 is 27.3 Å². The molecule has 54 valence electrons. The van der Waals surface area contributed by atoms with Crippen LogP contribution in [0.3, 0.4) is 0 Å². The Morgan fingerprint density at radius 2 is 2.27 bits per heavy atom. The van der Waals surface area contributed by atoms with Gasteiger partial charge in [-0.15, -0.1) is 10.1 Å². The Morgan fingerprint density at radius 1 is 1.55 bits per heavy atom. The molecule has 2 aromatic rings. The molecule has 2 heterocycles. The van der Waals surface area contributed by atoms with Gasteiger partial charge in [-0.3, -0.25) is 11.3 Å². The fourth-order valence-corrected chi connectivity index (χ4v) is 2.06. The summed E-state index contributed by atoms with van der Waals surface area (Å²) in [6, 6.07) is 4.00. The fraction of sp³-hybridized carbons (Fsp3) is 0. The van der Waals surface area contributed by atoms with Gasteiger partial charge in [-0.25, -0.2) is 0 Å². The Hall–Kier alpha value is 0.776. The maximum absolute atomic E-state index is 3.34. The molecule has 0 aromatic carbocycles. The second kappa shape index (κ2) is 4.72. The summed E-state index contributed by atoms with van der Waals surface area (Å²) in [6.45, 7) is 0. The molecule has 0 aliphatic heterocycles. The maximum Gasteiger partial charge on any atom is 2.00 e. The van der Waals surface area contributed by atoms with Crippen LogP contribution in [0.15, 0.2) is 16.7 Å². The van der Waals surface area contributed by atoms with Crippen molar-refractivity contribution < 1.29 is 12.4 Å². The Bertz CT molecular complexity index is 303. The molecule has 0 spiro atoms. The van der Waals surface area contributed by atoms with Gasteiger partial charge in [0.05, 0.1) is 4.60 Å². The van der Waals surface area contributed by atoms with Gasteiger partial charge in [-0.1, -0.05) is 11.6 Å². The standard InChI is InChI=1S/C6H3BrNS.ClH.Mg/c7-6-3-5-4(8-6)1-2-9-5;;/h1,3,8H;1H;/q-1;;+2/p-1. The first-order chi connectivity index (χ1) is 4.36. The van der Waals surface area contributed by atoms with E-state index in [9.17, 15) is 0 Å². The zero-order valence-corrected chi connectivity index (χ0v) is 10.1. The molecule has 0 radical (unpaired) electrons. The third kappa shape index (κ3) is 2.35. The van der Waals surface area contributed by atoms with Gasteiger partial charge in [0, 0.05) is 0 Å². The van der Waals surface area contributed by atoms with E-state index in [1.165, 1.54) is 4.70 Å². The normalized spacial score (nSPS) is 8.82. The van der Waals surface area contributed by atoms with Crippen LogP contribution in [-0.4, -0.2) is 28.0 Å². The Morgan fingerprint density at radius 3 is 2.91 bits per heavy atom. The molecule has 0 unspecified atom stereocenters. The summed E-state index contributed by atoms with van der Waals surface area (Å²) in [5, 5.41) is 3.03. The molecule has 0 bridgehead atoms. The van der Waals surface area contributed by atoms with Crippen molar-refractivity contribution in [2.24, 2.45) is 0 Å². The summed E-state index contributed by atoms with van der Waals surface area (Å²) in [4.78, 5) is 3.13. The zero-order valence-electron chi connectivity index (χ0n) is 5.53. The third-order valence-corrected chi connectivity index (χ3v) is 2.37. The van der Waals surface area contributed by atoms with E-state index in [0.29, 0.717) is 0 Å². The van der Waals surface area contributed by atoms with Gasteiger partial charge in [-0.2, -0.15) is 6.07 Å². The molecular weight excluding hydrogens is 258 g/mol. The second-order valence-corrected chi connectivity index (χ2v) is 3.49. The Kier molecular flexibility index (Phi) is 5.05. The second-order valence-electron chi connectivity index (χ2n) is 1.76. The number of hydrogen-bond donors (Lipinski definition) is 1. The van der Waals surface area contributed by atoms with Gasteiger partial charge < -0.3 is 17.4 Å². The van der Waals surface area contributed by atoms with Crippen molar-refractivity contribution in [2.45, 2.75) is 0 Å². The van der Waals surface area contributed by atoms with Crippen LogP contribution in [0, 0.1) is 5.38 Å². The van der Waals surface area contributed by atoms with Crippen molar-refractivity contribution in [1.82, 2.24) is 4.98 Å². The number of halogens is 2. The van der Waals surface area contributed by atoms with Crippen LogP contribution in [0.25, 0.3) is 10.2 Å². The Balaban J connectivity index is 0.000000500. The van der Waals surface area contributed by atoms with Crippen molar-refractivity contribution >= 4 is 60.5 Å². The van der Waals surface area contributed by atoms with Crippen molar-refractivity contribution in [3.8, 4) is 0 Å². The first-order valence-electron chi connectivity index (χ1n) is 2.50. The van der Waals surface area contributed by atoms with Gasteiger partial charge in [-0.05, 0) is 15.9 Å². The minimum Gasteiger partial charge on any atom is -1.00 e. The first kappa shape index (κ1) is 11.8. The van der Waals surface area contributed by atoms with Gasteiger partial charge in [0.25, 0.3) is 0 Å². The average molecular weight is 261 g/mol. The molecule has 5 heteroatoms. The van der Waals surface area contributed by atoms with Crippen molar-refractivity contribution in [1.29, 1.82) is 0 Å². The van der Waals surface area contributed by atoms with Crippen LogP contribution in [0.4, 0.5) is 0 Å². The summed E-state index contributed by atoms with van der Waals surface area (Å²) >= 11 is 4.96. The first-order valence-corrected chi connectivity index (χ1v) is 4.11. The van der Waals surface area contributed by atoms with Gasteiger partial charge in [0.1, 0.15) is 0 Å². The van der Waals surface area contributed by atoms with Crippen LogP contribution < -0.4 is 12.4 Å². The van der Waals surface area contributed by atoms with E-state index in [-0.39, 0.29) is 35.5 Å². The maximum atomic E-state index is 3.34. The topological polar surface area (TPSA) is 15.8 Å². The summed E-state index contributed by atoms with van der Waals surface area (Å²) in [7, 11) is 0. The number of fused-ring (bicyclic) bond motifs is 1. The molecule has 1 N–H and O–H groups in total. The molecule has 0 saturated heterocycles. The molecule has 2 rings (SSSR count). The quantitative estimate of drug-likeness (QED) is 0.482. The third-order valence-electron chi connectivity index (χ3n) is 1.15. The van der Waals surface area contributed by atoms with E-state index >= 15 is 0 Å². The molecule has 0 aliphatic carbocycles. The molecule has 0 aliphatic rings. The number of aromatic nitrogens is 1. The fourth-order valence-electron chi connectivity index (χ4n) is 0.763. The number of aromatic amines is 1. The number of rotatable bonds is 0. The molecule has 1 nitrogen and oxygen atoms in total. The largest absolute Gasteiger partial charge is 2.00 e. The van der Waals surface area contributed by atoms with E-state index in [2.05, 4.69) is 32.4 Å². The summed E-state index contributed by atoms with van der Waals surface area (Å²) in [6.07, 6.45) is 0. The number of thiophene rings is 1. The number of H-pyrrole nitrogens is 1. The van der Waals surface area contributed by atoms with E-state index in [1.807, 2.05) is 6.07 Å². The van der Waals surface area contributed by atoms with E-state index in [0.717, 1.165) is 10.1 Å². The van der Waals surface area contributed by atoms with Gasteiger partial charge >= 0.3 is 23.1 Å². The summed E-state index contributed by atoms with van der Waals surface area (Å²) < 4.78 is 2.29. The number of hydrogen-bond acceptors (Lipinski definition) is 1.